The van der Waals surface area contributed by atoms with E-state index in [-0.39, 0.29) is 11.3 Å². The Hall–Kier alpha value is -1.51. The first kappa shape index (κ1) is 18.5. The number of hydrogen-bond donors (Lipinski definition) is 1. The Kier molecular flexibility index (Phi) is 4.72. The Balaban J connectivity index is 3.14. The van der Waals surface area contributed by atoms with Crippen LogP contribution in [0.15, 0.2) is 24.3 Å². The molecule has 126 valence electrons. The third kappa shape index (κ3) is 3.45. The van der Waals surface area contributed by atoms with E-state index in [4.69, 9.17) is 4.74 Å². The summed E-state index contributed by atoms with van der Waals surface area (Å²) in [5, 5.41) is 9.93. The predicted molar refractivity (Wildman–Crippen MR) is 63.1 cm³/mol. The Morgan fingerprint density at radius 2 is 1.59 bits per heavy atom. The van der Waals surface area contributed by atoms with Crippen molar-refractivity contribution < 1.29 is 40.6 Å². The number of benzene rings is 1. The lowest BCUT2D eigenvalue weighted by Gasteiger charge is -2.34. The molecule has 1 aromatic carbocycles. The van der Waals surface area contributed by atoms with Crippen molar-refractivity contribution in [2.75, 3.05) is 7.11 Å². The molecule has 0 aliphatic heterocycles. The van der Waals surface area contributed by atoms with Gasteiger partial charge in [-0.15, -0.1) is 0 Å². The molecule has 0 heterocycles. The molecule has 1 aromatic rings. The summed E-state index contributed by atoms with van der Waals surface area (Å²) in [6, 6.07) is 4.86. The maximum Gasteiger partial charge on any atom is 0.459 e. The molecule has 1 unspecified atom stereocenters. The summed E-state index contributed by atoms with van der Waals surface area (Å²) in [5.74, 6) is -11.6. The van der Waals surface area contributed by atoms with Crippen LogP contribution in [-0.4, -0.2) is 30.2 Å². The zero-order valence-corrected chi connectivity index (χ0v) is 11.5. The lowest BCUT2D eigenvalue weighted by Crippen LogP contribution is -2.54. The molecule has 0 amide bonds. The van der Waals surface area contributed by atoms with Gasteiger partial charge in [-0.3, -0.25) is 0 Å². The Bertz CT molecular complexity index is 523. The van der Waals surface area contributed by atoms with Crippen LogP contribution in [0.5, 0.6) is 5.75 Å². The number of rotatable bonds is 5. The minimum Gasteiger partial charge on any atom is -0.497 e. The smallest absolute Gasteiger partial charge is 0.459 e. The lowest BCUT2D eigenvalue weighted by atomic mass is 9.87. The highest BCUT2D eigenvalue weighted by atomic mass is 19.4. The van der Waals surface area contributed by atoms with Crippen LogP contribution in [0.25, 0.3) is 0 Å². The van der Waals surface area contributed by atoms with E-state index in [1.807, 2.05) is 0 Å². The standard InChI is InChI=1S/C13H13F7O2/c1-10(21,8-4-3-5-9(6-8)22-2)7-11(14,15)12(16,17)13(18,19)20/h3-6,21H,7H2,1-2H3. The number of alkyl halides is 7. The molecule has 1 N–H and O–H groups in total. The van der Waals surface area contributed by atoms with Crippen LogP contribution in [0.2, 0.25) is 0 Å². The average Bonchev–Trinajstić information content (AvgIpc) is 2.36. The number of ether oxygens (including phenoxy) is 1. The molecule has 0 spiro atoms. The van der Waals surface area contributed by atoms with Crippen molar-refractivity contribution in [3.63, 3.8) is 0 Å². The molecule has 9 heteroatoms. The molecule has 22 heavy (non-hydrogen) atoms. The molecule has 2 nitrogen and oxygen atoms in total. The van der Waals surface area contributed by atoms with E-state index in [9.17, 15) is 35.8 Å². The van der Waals surface area contributed by atoms with Gasteiger partial charge < -0.3 is 9.84 Å². The molecule has 1 rings (SSSR count). The first-order chi connectivity index (χ1) is 9.74. The third-order valence-corrected chi connectivity index (χ3v) is 3.07. The zero-order valence-electron chi connectivity index (χ0n) is 11.5. The van der Waals surface area contributed by atoms with Gasteiger partial charge in [0.2, 0.25) is 0 Å². The summed E-state index contributed by atoms with van der Waals surface area (Å²) in [4.78, 5) is 0. The van der Waals surface area contributed by atoms with Gasteiger partial charge in [-0.1, -0.05) is 12.1 Å². The van der Waals surface area contributed by atoms with Crippen molar-refractivity contribution in [1.82, 2.24) is 0 Å². The van der Waals surface area contributed by atoms with Gasteiger partial charge in [0.25, 0.3) is 0 Å². The van der Waals surface area contributed by atoms with Crippen molar-refractivity contribution in [1.29, 1.82) is 0 Å². The van der Waals surface area contributed by atoms with E-state index in [2.05, 4.69) is 0 Å². The Morgan fingerprint density at radius 1 is 1.05 bits per heavy atom. The summed E-state index contributed by atoms with van der Waals surface area (Å²) in [6.07, 6.45) is -8.54. The maximum atomic E-state index is 13.4. The molecule has 0 aromatic heterocycles. The van der Waals surface area contributed by atoms with Gasteiger partial charge in [0.1, 0.15) is 5.75 Å². The van der Waals surface area contributed by atoms with E-state index in [1.54, 1.807) is 0 Å². The molecule has 0 fully saturated rings. The second-order valence-electron chi connectivity index (χ2n) is 4.96. The Morgan fingerprint density at radius 3 is 2.05 bits per heavy atom. The number of methoxy groups -OCH3 is 1. The number of hydrogen-bond acceptors (Lipinski definition) is 2. The summed E-state index contributed by atoms with van der Waals surface area (Å²) >= 11 is 0. The highest BCUT2D eigenvalue weighted by Crippen LogP contribution is 2.50. The second-order valence-corrected chi connectivity index (χ2v) is 4.96. The van der Waals surface area contributed by atoms with Crippen LogP contribution >= 0.6 is 0 Å². The van der Waals surface area contributed by atoms with E-state index in [0.717, 1.165) is 19.1 Å². The van der Waals surface area contributed by atoms with Gasteiger partial charge in [-0.25, -0.2) is 0 Å². The fourth-order valence-electron chi connectivity index (χ4n) is 1.81. The molecular formula is C13H13F7O2. The van der Waals surface area contributed by atoms with Crippen LogP contribution in [0.1, 0.15) is 18.9 Å². The van der Waals surface area contributed by atoms with Crippen LogP contribution in [0.4, 0.5) is 30.7 Å². The van der Waals surface area contributed by atoms with Gasteiger partial charge in [0, 0.05) is 0 Å². The largest absolute Gasteiger partial charge is 0.497 e. The normalized spacial score (nSPS) is 16.3. The minimum atomic E-state index is -6.43. The molecule has 0 saturated heterocycles. The van der Waals surface area contributed by atoms with Crippen LogP contribution in [0, 0.1) is 0 Å². The minimum absolute atomic E-state index is 0.128. The summed E-state index contributed by atoms with van der Waals surface area (Å²) in [7, 11) is 1.24. The highest BCUT2D eigenvalue weighted by molar-refractivity contribution is 5.32. The highest BCUT2D eigenvalue weighted by Gasteiger charge is 2.73. The van der Waals surface area contributed by atoms with Gasteiger partial charge >= 0.3 is 18.0 Å². The molecule has 0 radical (unpaired) electrons. The van der Waals surface area contributed by atoms with Crippen molar-refractivity contribution >= 4 is 0 Å². The van der Waals surface area contributed by atoms with E-state index in [0.29, 0.717) is 0 Å². The van der Waals surface area contributed by atoms with Gasteiger partial charge in [-0.2, -0.15) is 30.7 Å². The monoisotopic (exact) mass is 334 g/mol. The predicted octanol–water partition coefficient (Wildman–Crippen LogP) is 4.13. The van der Waals surface area contributed by atoms with Crippen LogP contribution in [-0.2, 0) is 5.60 Å². The maximum absolute atomic E-state index is 13.4. The van der Waals surface area contributed by atoms with Crippen LogP contribution in [0.3, 0.4) is 0 Å². The molecule has 0 bridgehead atoms. The van der Waals surface area contributed by atoms with Crippen molar-refractivity contribution in [2.45, 2.75) is 37.0 Å². The molecule has 0 aliphatic rings. The van der Waals surface area contributed by atoms with Crippen molar-refractivity contribution in [3.8, 4) is 5.75 Å². The number of halogens is 7. The van der Waals surface area contributed by atoms with E-state index >= 15 is 0 Å². The lowest BCUT2D eigenvalue weighted by molar-refractivity contribution is -0.361. The van der Waals surface area contributed by atoms with Crippen molar-refractivity contribution in [3.05, 3.63) is 29.8 Å². The SMILES string of the molecule is COc1cccc(C(C)(O)CC(F)(F)C(F)(F)C(F)(F)F)c1. The van der Waals surface area contributed by atoms with Crippen molar-refractivity contribution in [2.24, 2.45) is 0 Å². The summed E-state index contributed by atoms with van der Waals surface area (Å²) in [6.45, 7) is 0.724. The molecule has 0 saturated carbocycles. The van der Waals surface area contributed by atoms with E-state index in [1.165, 1.54) is 19.2 Å². The summed E-state index contributed by atoms with van der Waals surface area (Å²) in [5.41, 5.74) is -2.89. The Labute approximate surface area is 121 Å². The molecule has 0 aliphatic carbocycles. The fraction of sp³-hybridized carbons (Fsp3) is 0.538. The van der Waals surface area contributed by atoms with Crippen LogP contribution < -0.4 is 4.74 Å². The number of aliphatic hydroxyl groups is 1. The van der Waals surface area contributed by atoms with Gasteiger partial charge in [0.15, 0.2) is 0 Å². The average molecular weight is 334 g/mol. The second kappa shape index (κ2) is 5.60. The summed E-state index contributed by atoms with van der Waals surface area (Å²) < 4.78 is 93.6. The first-order valence-electron chi connectivity index (χ1n) is 5.94. The fourth-order valence-corrected chi connectivity index (χ4v) is 1.81. The zero-order chi connectivity index (χ0) is 17.4. The van der Waals surface area contributed by atoms with Gasteiger partial charge in [0.05, 0.1) is 19.1 Å². The van der Waals surface area contributed by atoms with Gasteiger partial charge in [-0.05, 0) is 24.6 Å². The third-order valence-electron chi connectivity index (χ3n) is 3.07. The molecular weight excluding hydrogens is 321 g/mol. The quantitative estimate of drug-likeness (QED) is 0.821. The molecule has 1 atom stereocenters. The topological polar surface area (TPSA) is 29.5 Å². The first-order valence-corrected chi connectivity index (χ1v) is 5.94. The van der Waals surface area contributed by atoms with E-state index < -0.39 is 30.0 Å².